The summed E-state index contributed by atoms with van der Waals surface area (Å²) in [7, 11) is 0. The number of nitrogen functional groups attached to an aromatic ring is 1. The second kappa shape index (κ2) is 5.06. The second-order valence-electron chi connectivity index (χ2n) is 5.18. The van der Waals surface area contributed by atoms with E-state index in [2.05, 4.69) is 21.4 Å². The summed E-state index contributed by atoms with van der Waals surface area (Å²) in [6.07, 6.45) is 5.72. The van der Waals surface area contributed by atoms with Crippen molar-refractivity contribution in [3.05, 3.63) is 42.4 Å². The van der Waals surface area contributed by atoms with Gasteiger partial charge in [0.25, 0.3) is 0 Å². The number of pyridine rings is 2. The Bertz CT molecular complexity index is 881. The van der Waals surface area contributed by atoms with Crippen molar-refractivity contribution in [3.63, 3.8) is 0 Å². The molecule has 2 aromatic heterocycles. The molecule has 22 heavy (non-hydrogen) atoms. The minimum Gasteiger partial charge on any atom is -0.506 e. The molecule has 0 radical (unpaired) electrons. The number of fused-ring (bicyclic) bond motifs is 3. The van der Waals surface area contributed by atoms with Gasteiger partial charge in [-0.2, -0.15) is 0 Å². The normalized spacial score (nSPS) is 13.3. The van der Waals surface area contributed by atoms with Crippen molar-refractivity contribution in [2.24, 2.45) is 0 Å². The summed E-state index contributed by atoms with van der Waals surface area (Å²) in [6.45, 7) is 0. The van der Waals surface area contributed by atoms with E-state index in [0.717, 1.165) is 28.8 Å². The highest BCUT2D eigenvalue weighted by Gasteiger charge is 2.19. The molecule has 1 aromatic carbocycles. The molecular weight excluding hydrogens is 296 g/mol. The molecule has 110 valence electrons. The number of nitrogens with one attached hydrogen (secondary N) is 1. The second-order valence-corrected chi connectivity index (χ2v) is 6.32. The molecule has 4 N–H and O–H groups in total. The van der Waals surface area contributed by atoms with Gasteiger partial charge in [-0.1, -0.05) is 0 Å². The molecule has 0 saturated heterocycles. The van der Waals surface area contributed by atoms with E-state index in [9.17, 15) is 5.11 Å². The fraction of sp³-hybridized carbons (Fsp3) is 0.125. The fourth-order valence-electron chi connectivity index (χ4n) is 2.77. The molecular formula is C16H14N4OS. The Hall–Kier alpha value is -2.47. The number of aromatic hydroxyl groups is 1. The summed E-state index contributed by atoms with van der Waals surface area (Å²) in [5, 5.41) is 13.9. The standard InChI is InChI=1S/C16H14N4OS/c17-12-8-19-13-1-2-14-11(3-4-22-14)15(13)16(12)20-9-5-10(21)7-18-6-9/h1-2,5-8,21H,3-4,17H2,(H,19,20). The van der Waals surface area contributed by atoms with Crippen LogP contribution in [0.25, 0.3) is 10.9 Å². The predicted molar refractivity (Wildman–Crippen MR) is 89.8 cm³/mol. The Morgan fingerprint density at radius 2 is 2.14 bits per heavy atom. The van der Waals surface area contributed by atoms with E-state index >= 15 is 0 Å². The number of hydrogen-bond acceptors (Lipinski definition) is 6. The molecule has 3 heterocycles. The van der Waals surface area contributed by atoms with Crippen LogP contribution in [0.2, 0.25) is 0 Å². The number of aromatic nitrogens is 2. The van der Waals surface area contributed by atoms with Crippen molar-refractivity contribution in [3.8, 4) is 5.75 Å². The lowest BCUT2D eigenvalue weighted by Gasteiger charge is -2.14. The van der Waals surface area contributed by atoms with Crippen LogP contribution in [0.4, 0.5) is 17.1 Å². The number of benzene rings is 1. The molecule has 0 saturated carbocycles. The highest BCUT2D eigenvalue weighted by atomic mass is 32.2. The zero-order valence-corrected chi connectivity index (χ0v) is 12.5. The number of nitrogens with zero attached hydrogens (tertiary/aromatic N) is 2. The number of aryl methyl sites for hydroxylation is 1. The molecule has 1 aliphatic rings. The maximum atomic E-state index is 9.58. The van der Waals surface area contributed by atoms with Crippen LogP contribution in [0, 0.1) is 0 Å². The fourth-order valence-corrected chi connectivity index (χ4v) is 3.84. The molecule has 0 amide bonds. The Kier molecular flexibility index (Phi) is 3.04. The topological polar surface area (TPSA) is 84.1 Å². The van der Waals surface area contributed by atoms with Crippen molar-refractivity contribution in [2.75, 3.05) is 16.8 Å². The molecule has 0 aliphatic carbocycles. The first-order valence-electron chi connectivity index (χ1n) is 6.96. The van der Waals surface area contributed by atoms with E-state index in [1.165, 1.54) is 16.7 Å². The molecule has 0 fully saturated rings. The quantitative estimate of drug-likeness (QED) is 0.673. The molecule has 0 bridgehead atoms. The first-order valence-corrected chi connectivity index (χ1v) is 7.95. The van der Waals surface area contributed by atoms with Gasteiger partial charge >= 0.3 is 0 Å². The SMILES string of the molecule is Nc1cnc2ccc3c(c2c1Nc1cncc(O)c1)CCS3. The van der Waals surface area contributed by atoms with Gasteiger partial charge in [0.2, 0.25) is 0 Å². The monoisotopic (exact) mass is 310 g/mol. The maximum absolute atomic E-state index is 9.58. The highest BCUT2D eigenvalue weighted by molar-refractivity contribution is 7.99. The minimum atomic E-state index is 0.114. The smallest absolute Gasteiger partial charge is 0.135 e. The van der Waals surface area contributed by atoms with Crippen LogP contribution in [0.15, 0.2) is 41.7 Å². The number of rotatable bonds is 2. The molecule has 5 nitrogen and oxygen atoms in total. The van der Waals surface area contributed by atoms with E-state index in [4.69, 9.17) is 5.73 Å². The molecule has 4 rings (SSSR count). The molecule has 0 unspecified atom stereocenters. The predicted octanol–water partition coefficient (Wildman–Crippen LogP) is 3.31. The van der Waals surface area contributed by atoms with Gasteiger partial charge in [0.05, 0.1) is 41.2 Å². The van der Waals surface area contributed by atoms with Crippen molar-refractivity contribution >= 4 is 39.7 Å². The van der Waals surface area contributed by atoms with Crippen molar-refractivity contribution in [1.82, 2.24) is 9.97 Å². The Labute approximate surface area is 131 Å². The maximum Gasteiger partial charge on any atom is 0.135 e. The Morgan fingerprint density at radius 1 is 1.23 bits per heavy atom. The molecule has 6 heteroatoms. The Balaban J connectivity index is 1.92. The van der Waals surface area contributed by atoms with Gasteiger partial charge in [-0.3, -0.25) is 9.97 Å². The summed E-state index contributed by atoms with van der Waals surface area (Å²) < 4.78 is 0. The highest BCUT2D eigenvalue weighted by Crippen LogP contribution is 2.41. The van der Waals surface area contributed by atoms with Gasteiger partial charge in [-0.05, 0) is 24.1 Å². The Morgan fingerprint density at radius 3 is 3.00 bits per heavy atom. The number of nitrogens with two attached hydrogens (primary N) is 1. The van der Waals surface area contributed by atoms with Crippen LogP contribution >= 0.6 is 11.8 Å². The van der Waals surface area contributed by atoms with Crippen LogP contribution in [0.1, 0.15) is 5.56 Å². The molecule has 3 aromatic rings. The van der Waals surface area contributed by atoms with Gasteiger partial charge in [0.15, 0.2) is 0 Å². The van der Waals surface area contributed by atoms with E-state index in [0.29, 0.717) is 11.4 Å². The zero-order valence-electron chi connectivity index (χ0n) is 11.7. The first kappa shape index (κ1) is 13.2. The summed E-state index contributed by atoms with van der Waals surface area (Å²) in [5.41, 5.74) is 10.5. The average Bonchev–Trinajstić information content (AvgIpc) is 2.98. The minimum absolute atomic E-state index is 0.114. The number of thioether (sulfide) groups is 1. The summed E-state index contributed by atoms with van der Waals surface area (Å²) in [4.78, 5) is 9.72. The largest absolute Gasteiger partial charge is 0.506 e. The third kappa shape index (κ3) is 2.12. The van der Waals surface area contributed by atoms with Crippen LogP contribution in [0.5, 0.6) is 5.75 Å². The van der Waals surface area contributed by atoms with E-state index in [1.807, 2.05) is 17.8 Å². The van der Waals surface area contributed by atoms with Gasteiger partial charge in [0, 0.05) is 22.1 Å². The third-order valence-electron chi connectivity index (χ3n) is 3.73. The summed E-state index contributed by atoms with van der Waals surface area (Å²) in [5.74, 6) is 1.19. The molecule has 0 spiro atoms. The number of hydrogen-bond donors (Lipinski definition) is 3. The van der Waals surface area contributed by atoms with E-state index in [1.54, 1.807) is 18.5 Å². The lowest BCUT2D eigenvalue weighted by molar-refractivity contribution is 0.473. The lowest BCUT2D eigenvalue weighted by Crippen LogP contribution is -2.01. The van der Waals surface area contributed by atoms with Gasteiger partial charge in [0.1, 0.15) is 5.75 Å². The zero-order chi connectivity index (χ0) is 15.1. The van der Waals surface area contributed by atoms with Gasteiger partial charge in [-0.15, -0.1) is 11.8 Å². The van der Waals surface area contributed by atoms with Crippen molar-refractivity contribution in [2.45, 2.75) is 11.3 Å². The van der Waals surface area contributed by atoms with Crippen LogP contribution < -0.4 is 11.1 Å². The van der Waals surface area contributed by atoms with Gasteiger partial charge < -0.3 is 16.2 Å². The summed E-state index contributed by atoms with van der Waals surface area (Å²) >= 11 is 1.86. The summed E-state index contributed by atoms with van der Waals surface area (Å²) in [6, 6.07) is 5.77. The molecule has 1 aliphatic heterocycles. The number of anilines is 3. The van der Waals surface area contributed by atoms with E-state index in [-0.39, 0.29) is 5.75 Å². The van der Waals surface area contributed by atoms with Crippen LogP contribution in [-0.2, 0) is 6.42 Å². The van der Waals surface area contributed by atoms with Crippen LogP contribution in [-0.4, -0.2) is 20.8 Å². The molecule has 0 atom stereocenters. The van der Waals surface area contributed by atoms with Crippen molar-refractivity contribution < 1.29 is 5.11 Å². The van der Waals surface area contributed by atoms with E-state index < -0.39 is 0 Å². The lowest BCUT2D eigenvalue weighted by atomic mass is 10.0. The first-order chi connectivity index (χ1) is 10.7. The van der Waals surface area contributed by atoms with Crippen molar-refractivity contribution in [1.29, 1.82) is 0 Å². The average molecular weight is 310 g/mol. The van der Waals surface area contributed by atoms with Crippen LogP contribution in [0.3, 0.4) is 0 Å². The van der Waals surface area contributed by atoms with Gasteiger partial charge in [-0.25, -0.2) is 0 Å². The third-order valence-corrected chi connectivity index (χ3v) is 4.83.